The van der Waals surface area contributed by atoms with Crippen LogP contribution in [0.3, 0.4) is 0 Å². The van der Waals surface area contributed by atoms with Gasteiger partial charge in [-0.2, -0.15) is 0 Å². The summed E-state index contributed by atoms with van der Waals surface area (Å²) in [6.45, 7) is 0.526. The zero-order valence-electron chi connectivity index (χ0n) is 16.7. The van der Waals surface area contributed by atoms with E-state index in [0.29, 0.717) is 26.9 Å². The molecule has 5 nitrogen and oxygen atoms in total. The van der Waals surface area contributed by atoms with E-state index in [4.69, 9.17) is 22.7 Å². The lowest BCUT2D eigenvalue weighted by Gasteiger charge is -2.09. The van der Waals surface area contributed by atoms with E-state index in [-0.39, 0.29) is 5.91 Å². The Hall–Kier alpha value is -3.42. The maximum absolute atomic E-state index is 12.6. The minimum atomic E-state index is -0.215. The number of carbonyl (C=O) groups is 1. The van der Waals surface area contributed by atoms with Gasteiger partial charge in [0.2, 0.25) is 0 Å². The number of benzene rings is 3. The van der Waals surface area contributed by atoms with Gasteiger partial charge in [-0.05, 0) is 60.6 Å². The van der Waals surface area contributed by atoms with E-state index < -0.39 is 0 Å². The molecule has 4 rings (SSSR count). The van der Waals surface area contributed by atoms with Gasteiger partial charge in [0, 0.05) is 12.2 Å². The number of aromatic nitrogens is 1. The molecular weight excluding hydrogens is 426 g/mol. The molecule has 7 heteroatoms. The normalized spacial score (nSPS) is 10.6. The Morgan fingerprint density at radius 2 is 1.55 bits per heavy atom. The smallest absolute Gasteiger partial charge is 0.265 e. The maximum atomic E-state index is 12.6. The minimum Gasteiger partial charge on any atom is -0.457 e. The lowest BCUT2D eigenvalue weighted by molar-refractivity contribution is 0.0958. The molecule has 0 atom stereocenters. The molecule has 1 heterocycles. The van der Waals surface area contributed by atoms with Crippen LogP contribution in [0.2, 0.25) is 0 Å². The van der Waals surface area contributed by atoms with Crippen molar-refractivity contribution >= 4 is 35.3 Å². The van der Waals surface area contributed by atoms with Gasteiger partial charge in [-0.25, -0.2) is 0 Å². The van der Waals surface area contributed by atoms with Crippen molar-refractivity contribution in [3.8, 4) is 17.2 Å². The van der Waals surface area contributed by atoms with Gasteiger partial charge in [0.05, 0.1) is 0 Å². The summed E-state index contributed by atoms with van der Waals surface area (Å²) in [5.74, 6) is 1.58. The molecule has 3 aromatic carbocycles. The zero-order valence-corrected chi connectivity index (χ0v) is 18.3. The van der Waals surface area contributed by atoms with Crippen molar-refractivity contribution in [3.05, 3.63) is 99.3 Å². The number of nitrogens with zero attached hydrogens (tertiary/aromatic N) is 1. The molecule has 0 fully saturated rings. The topological polar surface area (TPSA) is 69.3 Å². The number of rotatable bonds is 7. The van der Waals surface area contributed by atoms with Crippen LogP contribution >= 0.6 is 23.6 Å². The molecule has 0 radical (unpaired) electrons. The first kappa shape index (κ1) is 20.8. The largest absolute Gasteiger partial charge is 0.457 e. The number of nitrogens with two attached hydrogens (primary N) is 1. The fourth-order valence-corrected chi connectivity index (χ4v) is 4.41. The van der Waals surface area contributed by atoms with Crippen molar-refractivity contribution in [1.82, 2.24) is 9.88 Å². The van der Waals surface area contributed by atoms with Crippen LogP contribution in [0.4, 0.5) is 5.82 Å². The van der Waals surface area contributed by atoms with E-state index in [1.165, 1.54) is 16.9 Å². The number of amides is 1. The molecule has 0 bridgehead atoms. The second-order valence-electron chi connectivity index (χ2n) is 6.82. The molecule has 1 amide bonds. The average Bonchev–Trinajstić information content (AvgIpc) is 3.10. The van der Waals surface area contributed by atoms with Crippen molar-refractivity contribution in [2.75, 3.05) is 12.3 Å². The van der Waals surface area contributed by atoms with Crippen LogP contribution in [-0.2, 0) is 6.42 Å². The van der Waals surface area contributed by atoms with E-state index >= 15 is 0 Å². The summed E-state index contributed by atoms with van der Waals surface area (Å²) in [7, 11) is 0. The van der Waals surface area contributed by atoms with E-state index in [2.05, 4.69) is 5.32 Å². The van der Waals surface area contributed by atoms with Gasteiger partial charge >= 0.3 is 0 Å². The SMILES string of the molecule is Nc1c(C(=O)NCCc2ccccc2)sc(=S)n1-c1ccc(Oc2ccccc2)cc1. The predicted octanol–water partition coefficient (Wildman–Crippen LogP) is 5.62. The second-order valence-corrected chi connectivity index (χ2v) is 8.46. The minimum absolute atomic E-state index is 0.215. The van der Waals surface area contributed by atoms with E-state index in [9.17, 15) is 4.79 Å². The zero-order chi connectivity index (χ0) is 21.6. The lowest BCUT2D eigenvalue weighted by Crippen LogP contribution is -2.25. The first-order chi connectivity index (χ1) is 15.1. The maximum Gasteiger partial charge on any atom is 0.265 e. The van der Waals surface area contributed by atoms with E-state index in [1.54, 1.807) is 4.57 Å². The standard InChI is InChI=1S/C24H21N3O2S2/c25-22-21(23(28)26-16-15-17-7-3-1-4-8-17)31-24(30)27(22)18-11-13-20(14-12-18)29-19-9-5-2-6-10-19/h1-14H,15-16,25H2,(H,26,28). The summed E-state index contributed by atoms with van der Waals surface area (Å²) in [5.41, 5.74) is 8.24. The highest BCUT2D eigenvalue weighted by atomic mass is 32.1. The van der Waals surface area contributed by atoms with Crippen LogP contribution in [0.5, 0.6) is 11.5 Å². The van der Waals surface area contributed by atoms with Gasteiger partial charge in [0.1, 0.15) is 22.2 Å². The number of nitrogen functional groups attached to an aromatic ring is 1. The Labute approximate surface area is 189 Å². The lowest BCUT2D eigenvalue weighted by atomic mass is 10.1. The van der Waals surface area contributed by atoms with Crippen LogP contribution in [-0.4, -0.2) is 17.0 Å². The van der Waals surface area contributed by atoms with E-state index in [1.807, 2.05) is 84.9 Å². The molecule has 0 aliphatic carbocycles. The number of hydrogen-bond donors (Lipinski definition) is 2. The summed E-state index contributed by atoms with van der Waals surface area (Å²) < 4.78 is 8.05. The highest BCUT2D eigenvalue weighted by molar-refractivity contribution is 7.73. The van der Waals surface area contributed by atoms with Crippen LogP contribution in [0.15, 0.2) is 84.9 Å². The molecule has 1 aromatic heterocycles. The first-order valence-electron chi connectivity index (χ1n) is 9.78. The molecule has 0 spiro atoms. The Morgan fingerprint density at radius 1 is 0.935 bits per heavy atom. The van der Waals surface area contributed by atoms with Crippen molar-refractivity contribution < 1.29 is 9.53 Å². The van der Waals surface area contributed by atoms with Crippen molar-refractivity contribution in [1.29, 1.82) is 0 Å². The third-order valence-electron chi connectivity index (χ3n) is 4.67. The Balaban J connectivity index is 1.46. The third-order valence-corrected chi connectivity index (χ3v) is 6.06. The molecule has 0 aliphatic rings. The summed E-state index contributed by atoms with van der Waals surface area (Å²) in [5, 5.41) is 2.93. The number of para-hydroxylation sites is 1. The van der Waals surface area contributed by atoms with Gasteiger partial charge in [0.25, 0.3) is 5.91 Å². The molecule has 0 unspecified atom stereocenters. The van der Waals surface area contributed by atoms with Crippen molar-refractivity contribution in [2.24, 2.45) is 0 Å². The van der Waals surface area contributed by atoms with Crippen LogP contribution < -0.4 is 15.8 Å². The molecule has 0 saturated carbocycles. The number of nitrogens with one attached hydrogen (secondary N) is 1. The average molecular weight is 448 g/mol. The van der Waals surface area contributed by atoms with Crippen molar-refractivity contribution in [2.45, 2.75) is 6.42 Å². The van der Waals surface area contributed by atoms with Crippen LogP contribution in [0.25, 0.3) is 5.69 Å². The number of ether oxygens (including phenoxy) is 1. The number of anilines is 1. The molecule has 4 aromatic rings. The molecule has 31 heavy (non-hydrogen) atoms. The summed E-state index contributed by atoms with van der Waals surface area (Å²) in [4.78, 5) is 13.1. The Morgan fingerprint density at radius 3 is 2.23 bits per heavy atom. The van der Waals surface area contributed by atoms with Crippen LogP contribution in [0, 0.1) is 3.95 Å². The van der Waals surface area contributed by atoms with Crippen molar-refractivity contribution in [3.63, 3.8) is 0 Å². The quantitative estimate of drug-likeness (QED) is 0.361. The summed E-state index contributed by atoms with van der Waals surface area (Å²) >= 11 is 6.69. The van der Waals surface area contributed by atoms with Crippen LogP contribution in [0.1, 0.15) is 15.2 Å². The number of hydrogen-bond acceptors (Lipinski definition) is 5. The summed E-state index contributed by atoms with van der Waals surface area (Å²) in [6.07, 6.45) is 0.751. The monoisotopic (exact) mass is 447 g/mol. The Bertz CT molecular complexity index is 1220. The first-order valence-corrected chi connectivity index (χ1v) is 11.0. The number of thiazole rings is 1. The highest BCUT2D eigenvalue weighted by Crippen LogP contribution is 2.28. The second kappa shape index (κ2) is 9.59. The molecule has 3 N–H and O–H groups in total. The fourth-order valence-electron chi connectivity index (χ4n) is 3.13. The molecule has 0 saturated heterocycles. The fraction of sp³-hybridized carbons (Fsp3) is 0.0833. The van der Waals surface area contributed by atoms with Gasteiger partial charge in [-0.1, -0.05) is 59.9 Å². The van der Waals surface area contributed by atoms with Gasteiger partial charge in [0.15, 0.2) is 3.95 Å². The predicted molar refractivity (Wildman–Crippen MR) is 128 cm³/mol. The Kier molecular flexibility index (Phi) is 6.45. The third kappa shape index (κ3) is 5.02. The van der Waals surface area contributed by atoms with Gasteiger partial charge in [-0.15, -0.1) is 0 Å². The highest BCUT2D eigenvalue weighted by Gasteiger charge is 2.18. The molecule has 0 aliphatic heterocycles. The van der Waals surface area contributed by atoms with Gasteiger partial charge < -0.3 is 15.8 Å². The number of carbonyl (C=O) groups excluding carboxylic acids is 1. The molecular formula is C24H21N3O2S2. The van der Waals surface area contributed by atoms with Gasteiger partial charge in [-0.3, -0.25) is 9.36 Å². The molecule has 156 valence electrons. The van der Waals surface area contributed by atoms with E-state index in [0.717, 1.165) is 17.9 Å². The summed E-state index contributed by atoms with van der Waals surface area (Å²) in [6, 6.07) is 27.0.